The van der Waals surface area contributed by atoms with Crippen LogP contribution < -0.4 is 10.1 Å². The minimum Gasteiger partial charge on any atom is -0.475 e. The van der Waals surface area contributed by atoms with E-state index in [0.29, 0.717) is 38.2 Å². The van der Waals surface area contributed by atoms with E-state index in [1.54, 1.807) is 7.11 Å². The Morgan fingerprint density at radius 1 is 1.35 bits per heavy atom. The number of fused-ring (bicyclic) bond motifs is 1. The second-order valence-corrected chi connectivity index (χ2v) is 6.20. The summed E-state index contributed by atoms with van der Waals surface area (Å²) in [5.74, 6) is 0.629. The molecular formula is C17H25N3O3. The fraction of sp³-hybridized carbons (Fsp3) is 0.647. The zero-order chi connectivity index (χ0) is 16.1. The maximum Gasteiger partial charge on any atom is 0.317 e. The fourth-order valence-corrected chi connectivity index (χ4v) is 3.22. The molecule has 6 nitrogen and oxygen atoms in total. The van der Waals surface area contributed by atoms with Crippen LogP contribution in [0.4, 0.5) is 4.79 Å². The smallest absolute Gasteiger partial charge is 0.317 e. The van der Waals surface area contributed by atoms with E-state index in [2.05, 4.69) is 10.3 Å². The van der Waals surface area contributed by atoms with Crippen LogP contribution in [0.2, 0.25) is 0 Å². The molecule has 1 aromatic rings. The van der Waals surface area contributed by atoms with Crippen LogP contribution in [0.25, 0.3) is 0 Å². The van der Waals surface area contributed by atoms with Crippen molar-refractivity contribution in [2.45, 2.75) is 44.7 Å². The Morgan fingerprint density at radius 3 is 2.96 bits per heavy atom. The number of carbonyl (C=O) groups excluding carboxylic acids is 1. The van der Waals surface area contributed by atoms with Crippen LogP contribution in [0, 0.1) is 0 Å². The predicted molar refractivity (Wildman–Crippen MR) is 86.5 cm³/mol. The highest BCUT2D eigenvalue weighted by atomic mass is 16.5. The summed E-state index contributed by atoms with van der Waals surface area (Å²) in [6, 6.07) is 4.30. The third kappa shape index (κ3) is 4.13. The van der Waals surface area contributed by atoms with Gasteiger partial charge in [0.15, 0.2) is 0 Å². The number of hydrogen-bond acceptors (Lipinski definition) is 4. The van der Waals surface area contributed by atoms with Crippen molar-refractivity contribution in [2.75, 3.05) is 26.9 Å². The summed E-state index contributed by atoms with van der Waals surface area (Å²) in [6.45, 7) is 2.38. The number of hydrogen-bond donors (Lipinski definition) is 1. The molecule has 2 aliphatic rings. The molecule has 3 rings (SSSR count). The van der Waals surface area contributed by atoms with E-state index in [9.17, 15) is 4.79 Å². The van der Waals surface area contributed by atoms with Crippen LogP contribution in [0.15, 0.2) is 12.1 Å². The van der Waals surface area contributed by atoms with Crippen LogP contribution in [-0.4, -0.2) is 48.8 Å². The summed E-state index contributed by atoms with van der Waals surface area (Å²) in [6.07, 6.45) is 5.45. The number of methoxy groups -OCH3 is 1. The first-order chi connectivity index (χ1) is 11.3. The number of ether oxygens (including phenoxy) is 2. The van der Waals surface area contributed by atoms with Crippen molar-refractivity contribution in [3.8, 4) is 5.88 Å². The Labute approximate surface area is 137 Å². The maximum absolute atomic E-state index is 12.4. The zero-order valence-corrected chi connectivity index (χ0v) is 13.7. The largest absolute Gasteiger partial charge is 0.475 e. The van der Waals surface area contributed by atoms with Gasteiger partial charge in [-0.15, -0.1) is 0 Å². The Bertz CT molecular complexity index is 544. The average Bonchev–Trinajstić information content (AvgIpc) is 3.07. The molecule has 1 saturated carbocycles. The standard InChI is InChI=1S/C17H25N3O3/c1-22-10-11-23-16-7-6-13-12-20(9-8-15(13)19-16)17(21)18-14-4-2-3-5-14/h6-7,14H,2-5,8-12H2,1H3,(H,18,21). The van der Waals surface area contributed by atoms with E-state index in [1.165, 1.54) is 12.8 Å². The molecule has 1 aromatic heterocycles. The number of nitrogens with zero attached hydrogens (tertiary/aromatic N) is 2. The summed E-state index contributed by atoms with van der Waals surface area (Å²) in [5.41, 5.74) is 2.14. The molecule has 1 fully saturated rings. The minimum absolute atomic E-state index is 0.0583. The van der Waals surface area contributed by atoms with Gasteiger partial charge in [-0.1, -0.05) is 18.9 Å². The van der Waals surface area contributed by atoms with Crippen LogP contribution in [-0.2, 0) is 17.7 Å². The molecule has 23 heavy (non-hydrogen) atoms. The number of pyridine rings is 1. The molecule has 0 spiro atoms. The molecule has 0 aromatic carbocycles. The van der Waals surface area contributed by atoms with Gasteiger partial charge in [0.05, 0.1) is 12.3 Å². The molecule has 1 N–H and O–H groups in total. The van der Waals surface area contributed by atoms with Crippen LogP contribution in [0.5, 0.6) is 5.88 Å². The Kier molecular flexibility index (Phi) is 5.33. The monoisotopic (exact) mass is 319 g/mol. The van der Waals surface area contributed by atoms with Gasteiger partial charge >= 0.3 is 6.03 Å². The molecule has 2 amide bonds. The normalized spacial score (nSPS) is 17.9. The lowest BCUT2D eigenvalue weighted by molar-refractivity contribution is 0.143. The van der Waals surface area contributed by atoms with E-state index >= 15 is 0 Å². The van der Waals surface area contributed by atoms with Crippen molar-refractivity contribution >= 4 is 6.03 Å². The molecule has 0 radical (unpaired) electrons. The summed E-state index contributed by atoms with van der Waals surface area (Å²) >= 11 is 0. The van der Waals surface area contributed by atoms with E-state index in [0.717, 1.165) is 30.5 Å². The average molecular weight is 319 g/mol. The van der Waals surface area contributed by atoms with Gasteiger partial charge in [0.1, 0.15) is 6.61 Å². The van der Waals surface area contributed by atoms with E-state index in [4.69, 9.17) is 9.47 Å². The Balaban J connectivity index is 1.56. The molecule has 0 saturated heterocycles. The lowest BCUT2D eigenvalue weighted by atomic mass is 10.1. The summed E-state index contributed by atoms with van der Waals surface area (Å²) < 4.78 is 10.5. The first-order valence-corrected chi connectivity index (χ1v) is 8.42. The zero-order valence-electron chi connectivity index (χ0n) is 13.7. The maximum atomic E-state index is 12.4. The molecule has 2 heterocycles. The Hall–Kier alpha value is -1.82. The topological polar surface area (TPSA) is 63.7 Å². The van der Waals surface area contributed by atoms with Crippen molar-refractivity contribution < 1.29 is 14.3 Å². The van der Waals surface area contributed by atoms with Crippen molar-refractivity contribution in [1.82, 2.24) is 15.2 Å². The minimum atomic E-state index is 0.0583. The lowest BCUT2D eigenvalue weighted by Gasteiger charge is -2.29. The second-order valence-electron chi connectivity index (χ2n) is 6.20. The number of aromatic nitrogens is 1. The third-order valence-electron chi connectivity index (χ3n) is 4.53. The first kappa shape index (κ1) is 16.1. The number of urea groups is 1. The van der Waals surface area contributed by atoms with Crippen molar-refractivity contribution in [3.05, 3.63) is 23.4 Å². The highest BCUT2D eigenvalue weighted by molar-refractivity contribution is 5.74. The van der Waals surface area contributed by atoms with Gasteiger partial charge in [-0.25, -0.2) is 9.78 Å². The highest BCUT2D eigenvalue weighted by Crippen LogP contribution is 2.22. The number of carbonyl (C=O) groups is 1. The number of nitrogens with one attached hydrogen (secondary N) is 1. The van der Waals surface area contributed by atoms with Gasteiger partial charge < -0.3 is 19.7 Å². The quantitative estimate of drug-likeness (QED) is 0.844. The van der Waals surface area contributed by atoms with Crippen LogP contribution in [0.1, 0.15) is 36.9 Å². The van der Waals surface area contributed by atoms with Crippen molar-refractivity contribution in [2.24, 2.45) is 0 Å². The van der Waals surface area contributed by atoms with Gasteiger partial charge in [0, 0.05) is 38.7 Å². The third-order valence-corrected chi connectivity index (χ3v) is 4.53. The summed E-state index contributed by atoms with van der Waals surface area (Å²) in [4.78, 5) is 18.8. The number of amides is 2. The SMILES string of the molecule is COCCOc1ccc2c(n1)CCN(C(=O)NC1CCCC1)C2. The number of rotatable bonds is 5. The van der Waals surface area contributed by atoms with Gasteiger partial charge in [0.2, 0.25) is 5.88 Å². The van der Waals surface area contributed by atoms with Crippen LogP contribution >= 0.6 is 0 Å². The van der Waals surface area contributed by atoms with Crippen LogP contribution in [0.3, 0.4) is 0 Å². The van der Waals surface area contributed by atoms with E-state index < -0.39 is 0 Å². The lowest BCUT2D eigenvalue weighted by Crippen LogP contribution is -2.46. The van der Waals surface area contributed by atoms with Gasteiger partial charge in [-0.3, -0.25) is 0 Å². The fourth-order valence-electron chi connectivity index (χ4n) is 3.22. The Morgan fingerprint density at radius 2 is 2.17 bits per heavy atom. The van der Waals surface area contributed by atoms with Gasteiger partial charge in [-0.2, -0.15) is 0 Å². The summed E-state index contributed by atoms with van der Waals surface area (Å²) in [7, 11) is 1.65. The molecule has 6 heteroatoms. The highest BCUT2D eigenvalue weighted by Gasteiger charge is 2.25. The first-order valence-electron chi connectivity index (χ1n) is 8.42. The molecule has 0 bridgehead atoms. The van der Waals surface area contributed by atoms with Crippen molar-refractivity contribution in [1.29, 1.82) is 0 Å². The molecule has 126 valence electrons. The second kappa shape index (κ2) is 7.64. The molecular weight excluding hydrogens is 294 g/mol. The predicted octanol–water partition coefficient (Wildman–Crippen LogP) is 2.12. The van der Waals surface area contributed by atoms with E-state index in [-0.39, 0.29) is 6.03 Å². The van der Waals surface area contributed by atoms with Gasteiger partial charge in [-0.05, 0) is 18.4 Å². The molecule has 1 aliphatic carbocycles. The molecule has 1 aliphatic heterocycles. The molecule has 0 unspecified atom stereocenters. The molecule has 0 atom stereocenters. The van der Waals surface area contributed by atoms with Gasteiger partial charge in [0.25, 0.3) is 0 Å². The summed E-state index contributed by atoms with van der Waals surface area (Å²) in [5, 5.41) is 3.15. The van der Waals surface area contributed by atoms with Crippen molar-refractivity contribution in [3.63, 3.8) is 0 Å². The van der Waals surface area contributed by atoms with E-state index in [1.807, 2.05) is 17.0 Å².